The van der Waals surface area contributed by atoms with Gasteiger partial charge in [0.2, 0.25) is 5.91 Å². The molecule has 1 aromatic rings. The van der Waals surface area contributed by atoms with E-state index in [9.17, 15) is 4.79 Å². The fraction of sp³-hybridized carbons (Fsp3) is 0.750. The quantitative estimate of drug-likeness (QED) is 0.846. The lowest BCUT2D eigenvalue weighted by Crippen LogP contribution is -2.48. The zero-order valence-corrected chi connectivity index (χ0v) is 13.3. The van der Waals surface area contributed by atoms with Crippen LogP contribution in [0.25, 0.3) is 0 Å². The van der Waals surface area contributed by atoms with Crippen molar-refractivity contribution in [2.24, 2.45) is 5.92 Å². The highest BCUT2D eigenvalue weighted by Gasteiger charge is 2.22. The molecule has 0 saturated carbocycles. The largest absolute Gasteiger partial charge is 0.348 e. The average molecular weight is 305 g/mol. The number of piperazine rings is 1. The molecular weight excluding hydrogens is 278 g/mol. The Morgan fingerprint density at radius 1 is 1.23 bits per heavy atom. The van der Waals surface area contributed by atoms with E-state index in [2.05, 4.69) is 20.2 Å². The van der Waals surface area contributed by atoms with Gasteiger partial charge in [-0.2, -0.15) is 0 Å². The number of hydrogen-bond acceptors (Lipinski definition) is 4. The Morgan fingerprint density at radius 3 is 2.68 bits per heavy atom. The number of H-pyrrole nitrogens is 1. The van der Waals surface area contributed by atoms with Crippen molar-refractivity contribution in [3.8, 4) is 0 Å². The lowest BCUT2D eigenvalue weighted by atomic mass is 9.93. The maximum atomic E-state index is 12.3. The van der Waals surface area contributed by atoms with Crippen molar-refractivity contribution in [3.63, 3.8) is 0 Å². The van der Waals surface area contributed by atoms with E-state index < -0.39 is 0 Å². The fourth-order valence-corrected chi connectivity index (χ4v) is 3.41. The number of rotatable bonds is 5. The topological polar surface area (TPSA) is 64.3 Å². The molecule has 2 fully saturated rings. The van der Waals surface area contributed by atoms with E-state index in [0.717, 1.165) is 70.4 Å². The molecule has 1 aromatic heterocycles. The number of carbonyl (C=O) groups is 1. The van der Waals surface area contributed by atoms with Crippen molar-refractivity contribution in [1.29, 1.82) is 0 Å². The van der Waals surface area contributed by atoms with Gasteiger partial charge in [-0.3, -0.25) is 9.69 Å². The second kappa shape index (κ2) is 7.74. The molecule has 1 amide bonds. The SMILES string of the molecule is O=C(CCC1CCNCC1)N1CCN(Cc2ncc[nH]2)CC1. The van der Waals surface area contributed by atoms with Gasteiger partial charge in [-0.25, -0.2) is 4.98 Å². The number of nitrogens with one attached hydrogen (secondary N) is 2. The van der Waals surface area contributed by atoms with Crippen molar-refractivity contribution in [2.45, 2.75) is 32.2 Å². The van der Waals surface area contributed by atoms with Crippen LogP contribution in [0.3, 0.4) is 0 Å². The van der Waals surface area contributed by atoms with Gasteiger partial charge in [-0.15, -0.1) is 0 Å². The van der Waals surface area contributed by atoms with Crippen LogP contribution in [-0.4, -0.2) is 64.9 Å². The van der Waals surface area contributed by atoms with E-state index in [-0.39, 0.29) is 0 Å². The number of carbonyl (C=O) groups excluding carboxylic acids is 1. The first-order valence-electron chi connectivity index (χ1n) is 8.50. The molecule has 0 radical (unpaired) electrons. The summed E-state index contributed by atoms with van der Waals surface area (Å²) in [5.74, 6) is 2.09. The molecule has 6 heteroatoms. The number of aromatic amines is 1. The average Bonchev–Trinajstić information content (AvgIpc) is 3.07. The summed E-state index contributed by atoms with van der Waals surface area (Å²) in [4.78, 5) is 24.1. The standard InChI is InChI=1S/C16H27N5O/c22-16(2-1-14-3-5-17-6-4-14)21-11-9-20(10-12-21)13-15-18-7-8-19-15/h7-8,14,17H,1-6,9-13H2,(H,18,19). The van der Waals surface area contributed by atoms with Crippen molar-refractivity contribution < 1.29 is 4.79 Å². The number of imidazole rings is 1. The zero-order valence-electron chi connectivity index (χ0n) is 13.3. The lowest BCUT2D eigenvalue weighted by molar-refractivity contribution is -0.133. The van der Waals surface area contributed by atoms with E-state index in [4.69, 9.17) is 0 Å². The molecule has 2 aliphatic heterocycles. The molecule has 0 bridgehead atoms. The molecule has 22 heavy (non-hydrogen) atoms. The maximum Gasteiger partial charge on any atom is 0.222 e. The molecule has 3 rings (SSSR count). The van der Waals surface area contributed by atoms with E-state index >= 15 is 0 Å². The molecule has 6 nitrogen and oxygen atoms in total. The van der Waals surface area contributed by atoms with Crippen LogP contribution in [0.15, 0.2) is 12.4 Å². The highest BCUT2D eigenvalue weighted by atomic mass is 16.2. The minimum atomic E-state index is 0.344. The van der Waals surface area contributed by atoms with E-state index in [0.29, 0.717) is 5.91 Å². The van der Waals surface area contributed by atoms with Gasteiger partial charge in [0.05, 0.1) is 6.54 Å². The highest BCUT2D eigenvalue weighted by Crippen LogP contribution is 2.18. The molecule has 2 saturated heterocycles. The van der Waals surface area contributed by atoms with Crippen LogP contribution < -0.4 is 5.32 Å². The molecule has 0 unspecified atom stereocenters. The third-order valence-corrected chi connectivity index (χ3v) is 4.88. The zero-order chi connectivity index (χ0) is 15.2. The van der Waals surface area contributed by atoms with Gasteiger partial charge in [0.25, 0.3) is 0 Å². The smallest absolute Gasteiger partial charge is 0.222 e. The minimum Gasteiger partial charge on any atom is -0.348 e. The Kier molecular flexibility index (Phi) is 5.45. The monoisotopic (exact) mass is 305 g/mol. The summed E-state index contributed by atoms with van der Waals surface area (Å²) >= 11 is 0. The molecule has 2 N–H and O–H groups in total. The van der Waals surface area contributed by atoms with E-state index in [1.807, 2.05) is 11.1 Å². The molecule has 0 aromatic carbocycles. The number of nitrogens with zero attached hydrogens (tertiary/aromatic N) is 3. The summed E-state index contributed by atoms with van der Waals surface area (Å²) < 4.78 is 0. The maximum absolute atomic E-state index is 12.3. The molecule has 0 atom stereocenters. The van der Waals surface area contributed by atoms with Crippen LogP contribution in [-0.2, 0) is 11.3 Å². The summed E-state index contributed by atoms with van der Waals surface area (Å²) in [5, 5.41) is 3.38. The lowest BCUT2D eigenvalue weighted by Gasteiger charge is -2.34. The normalized spacial score (nSPS) is 21.2. The van der Waals surface area contributed by atoms with E-state index in [1.165, 1.54) is 12.8 Å². The van der Waals surface area contributed by atoms with Gasteiger partial charge >= 0.3 is 0 Å². The Bertz CT molecular complexity index is 447. The Hall–Kier alpha value is -1.40. The summed E-state index contributed by atoms with van der Waals surface area (Å²) in [7, 11) is 0. The van der Waals surface area contributed by atoms with Crippen molar-refractivity contribution in [3.05, 3.63) is 18.2 Å². The number of aromatic nitrogens is 2. The summed E-state index contributed by atoms with van der Waals surface area (Å²) in [6, 6.07) is 0. The Labute approximate surface area is 132 Å². The third kappa shape index (κ3) is 4.30. The molecule has 3 heterocycles. The first-order chi connectivity index (χ1) is 10.8. The second-order valence-electron chi connectivity index (χ2n) is 6.42. The van der Waals surface area contributed by atoms with Crippen LogP contribution in [0, 0.1) is 5.92 Å². The Morgan fingerprint density at radius 2 is 2.00 bits per heavy atom. The van der Waals surface area contributed by atoms with Crippen LogP contribution in [0.1, 0.15) is 31.5 Å². The van der Waals surface area contributed by atoms with Crippen LogP contribution >= 0.6 is 0 Å². The fourth-order valence-electron chi connectivity index (χ4n) is 3.41. The van der Waals surface area contributed by atoms with Crippen LogP contribution in [0.4, 0.5) is 0 Å². The predicted molar refractivity (Wildman–Crippen MR) is 85.3 cm³/mol. The van der Waals surface area contributed by atoms with Crippen molar-refractivity contribution in [1.82, 2.24) is 25.1 Å². The van der Waals surface area contributed by atoms with Crippen LogP contribution in [0.2, 0.25) is 0 Å². The summed E-state index contributed by atoms with van der Waals surface area (Å²) in [6.07, 6.45) is 7.89. The first-order valence-corrected chi connectivity index (χ1v) is 8.50. The van der Waals surface area contributed by atoms with Crippen LogP contribution in [0.5, 0.6) is 0 Å². The van der Waals surface area contributed by atoms with Gasteiger partial charge in [-0.05, 0) is 38.3 Å². The highest BCUT2D eigenvalue weighted by molar-refractivity contribution is 5.76. The molecule has 0 spiro atoms. The predicted octanol–water partition coefficient (Wildman–Crippen LogP) is 0.834. The molecule has 122 valence electrons. The number of hydrogen-bond donors (Lipinski definition) is 2. The first kappa shape index (κ1) is 15.5. The second-order valence-corrected chi connectivity index (χ2v) is 6.42. The molecule has 0 aliphatic carbocycles. The third-order valence-electron chi connectivity index (χ3n) is 4.88. The minimum absolute atomic E-state index is 0.344. The number of piperidine rings is 1. The van der Waals surface area contributed by atoms with Gasteiger partial charge in [0.15, 0.2) is 0 Å². The Balaban J connectivity index is 1.36. The van der Waals surface area contributed by atoms with Crippen molar-refractivity contribution >= 4 is 5.91 Å². The van der Waals surface area contributed by atoms with Gasteiger partial charge in [-0.1, -0.05) is 0 Å². The summed E-state index contributed by atoms with van der Waals surface area (Å²) in [5.41, 5.74) is 0. The molecular formula is C16H27N5O. The van der Waals surface area contributed by atoms with E-state index in [1.54, 1.807) is 6.20 Å². The van der Waals surface area contributed by atoms with Gasteiger partial charge in [0, 0.05) is 45.0 Å². The summed E-state index contributed by atoms with van der Waals surface area (Å²) in [6.45, 7) is 6.68. The van der Waals surface area contributed by atoms with Gasteiger partial charge in [0.1, 0.15) is 5.82 Å². The van der Waals surface area contributed by atoms with Crippen molar-refractivity contribution in [2.75, 3.05) is 39.3 Å². The van der Waals surface area contributed by atoms with Gasteiger partial charge < -0.3 is 15.2 Å². The molecule has 2 aliphatic rings. The number of amides is 1.